The van der Waals surface area contributed by atoms with Crippen LogP contribution in [0.4, 0.5) is 37.7 Å². The summed E-state index contributed by atoms with van der Waals surface area (Å²) in [6, 6.07) is 27.0. The monoisotopic (exact) mass is 604 g/mol. The van der Waals surface area contributed by atoms with Gasteiger partial charge in [0.25, 0.3) is 0 Å². The van der Waals surface area contributed by atoms with Crippen LogP contribution in [0.3, 0.4) is 0 Å². The summed E-state index contributed by atoms with van der Waals surface area (Å²) < 4.78 is 96.2. The number of nitrogen functional groups attached to an aromatic ring is 2. The van der Waals surface area contributed by atoms with Gasteiger partial charge in [0.2, 0.25) is 0 Å². The van der Waals surface area contributed by atoms with E-state index in [0.717, 1.165) is 24.3 Å². The van der Waals surface area contributed by atoms with E-state index in [0.29, 0.717) is 32.7 Å². The Labute approximate surface area is 247 Å². The molecule has 0 aliphatic rings. The SMILES string of the molecule is Nc1ccc(Oc2ccc3ccccc3c2-c2c(Oc3ccc(N)cc3C(F)(F)F)ccc3ccccc23)c(C(F)(F)F)c1. The molecule has 10 heteroatoms. The Balaban J connectivity index is 1.64. The highest BCUT2D eigenvalue weighted by atomic mass is 19.4. The molecule has 0 saturated heterocycles. The molecule has 0 aliphatic heterocycles. The summed E-state index contributed by atoms with van der Waals surface area (Å²) in [7, 11) is 0. The number of rotatable bonds is 5. The largest absolute Gasteiger partial charge is 0.456 e. The average molecular weight is 605 g/mol. The third kappa shape index (κ3) is 5.42. The molecule has 0 unspecified atom stereocenters. The van der Waals surface area contributed by atoms with Crippen molar-refractivity contribution in [1.29, 1.82) is 0 Å². The molecule has 0 amide bonds. The van der Waals surface area contributed by atoms with Gasteiger partial charge >= 0.3 is 12.4 Å². The summed E-state index contributed by atoms with van der Waals surface area (Å²) in [4.78, 5) is 0. The summed E-state index contributed by atoms with van der Waals surface area (Å²) in [6.07, 6.45) is -9.56. The fraction of sp³-hybridized carbons (Fsp3) is 0.0588. The number of fused-ring (bicyclic) bond motifs is 2. The molecular weight excluding hydrogens is 582 g/mol. The van der Waals surface area contributed by atoms with Gasteiger partial charge in [-0.1, -0.05) is 60.7 Å². The van der Waals surface area contributed by atoms with Crippen LogP contribution in [-0.4, -0.2) is 0 Å². The minimum atomic E-state index is -4.78. The smallest absolute Gasteiger partial charge is 0.420 e. The second-order valence-corrected chi connectivity index (χ2v) is 10.0. The van der Waals surface area contributed by atoms with Gasteiger partial charge in [-0.3, -0.25) is 0 Å². The van der Waals surface area contributed by atoms with Crippen LogP contribution < -0.4 is 20.9 Å². The fourth-order valence-corrected chi connectivity index (χ4v) is 5.14. The lowest BCUT2D eigenvalue weighted by molar-refractivity contribution is -0.139. The highest BCUT2D eigenvalue weighted by Crippen LogP contribution is 2.50. The molecule has 0 radical (unpaired) electrons. The van der Waals surface area contributed by atoms with Crippen LogP contribution in [0.25, 0.3) is 32.7 Å². The lowest BCUT2D eigenvalue weighted by Gasteiger charge is -2.22. The third-order valence-electron chi connectivity index (χ3n) is 7.09. The molecule has 6 aromatic rings. The van der Waals surface area contributed by atoms with Gasteiger partial charge in [0.1, 0.15) is 34.1 Å². The van der Waals surface area contributed by atoms with Crippen molar-refractivity contribution in [1.82, 2.24) is 0 Å². The fourth-order valence-electron chi connectivity index (χ4n) is 5.14. The second-order valence-electron chi connectivity index (χ2n) is 10.0. The molecule has 0 aliphatic carbocycles. The van der Waals surface area contributed by atoms with Crippen molar-refractivity contribution < 1.29 is 35.8 Å². The lowest BCUT2D eigenvalue weighted by Crippen LogP contribution is -2.08. The quantitative estimate of drug-likeness (QED) is 0.152. The van der Waals surface area contributed by atoms with E-state index < -0.39 is 35.0 Å². The Morgan fingerprint density at radius 1 is 0.432 bits per heavy atom. The molecule has 4 N–H and O–H groups in total. The predicted octanol–water partition coefficient (Wildman–Crippen LogP) is 10.4. The minimum absolute atomic E-state index is 0.0218. The molecule has 0 fully saturated rings. The zero-order valence-electron chi connectivity index (χ0n) is 22.6. The first kappa shape index (κ1) is 28.7. The summed E-state index contributed by atoms with van der Waals surface area (Å²) >= 11 is 0. The predicted molar refractivity (Wildman–Crippen MR) is 159 cm³/mol. The van der Waals surface area contributed by atoms with Crippen LogP contribution >= 0.6 is 0 Å². The van der Waals surface area contributed by atoms with Gasteiger partial charge in [-0.2, -0.15) is 26.3 Å². The highest BCUT2D eigenvalue weighted by Gasteiger charge is 2.36. The maximum absolute atomic E-state index is 14.0. The summed E-state index contributed by atoms with van der Waals surface area (Å²) in [6.45, 7) is 0. The Bertz CT molecular complexity index is 1890. The standard InChI is InChI=1S/C34H22F6N2O2/c35-33(36,37)25-17-21(41)11-15-27(25)43-29-13-9-19-5-1-3-7-23(19)31(29)32-24-8-4-2-6-20(24)10-14-30(32)44-28-16-12-22(42)18-26(28)34(38,39)40/h1-18H,41-42H2. The maximum atomic E-state index is 14.0. The lowest BCUT2D eigenvalue weighted by atomic mass is 9.92. The molecule has 0 atom stereocenters. The van der Waals surface area contributed by atoms with Crippen LogP contribution in [0, 0.1) is 0 Å². The van der Waals surface area contributed by atoms with E-state index in [1.54, 1.807) is 60.7 Å². The number of nitrogens with two attached hydrogens (primary N) is 2. The molecular formula is C34H22F6N2O2. The van der Waals surface area contributed by atoms with Crippen LogP contribution in [0.15, 0.2) is 109 Å². The van der Waals surface area contributed by atoms with Crippen molar-refractivity contribution in [3.63, 3.8) is 0 Å². The zero-order valence-corrected chi connectivity index (χ0v) is 22.6. The van der Waals surface area contributed by atoms with Crippen LogP contribution in [0.5, 0.6) is 23.0 Å². The molecule has 4 nitrogen and oxygen atoms in total. The van der Waals surface area contributed by atoms with E-state index in [2.05, 4.69) is 0 Å². The number of hydrogen-bond donors (Lipinski definition) is 2. The van der Waals surface area contributed by atoms with E-state index in [1.165, 1.54) is 24.3 Å². The second kappa shape index (κ2) is 10.7. The molecule has 222 valence electrons. The topological polar surface area (TPSA) is 70.5 Å². The van der Waals surface area contributed by atoms with Crippen molar-refractivity contribution in [3.8, 4) is 34.1 Å². The van der Waals surface area contributed by atoms with Crippen molar-refractivity contribution in [2.75, 3.05) is 11.5 Å². The average Bonchev–Trinajstić information content (AvgIpc) is 2.98. The molecule has 6 rings (SSSR count). The summed E-state index contributed by atoms with van der Waals surface area (Å²) in [5, 5.41) is 2.57. The van der Waals surface area contributed by atoms with E-state index >= 15 is 0 Å². The summed E-state index contributed by atoms with van der Waals surface area (Å²) in [5.74, 6) is -0.949. The molecule has 6 aromatic carbocycles. The van der Waals surface area contributed by atoms with Crippen molar-refractivity contribution in [2.24, 2.45) is 0 Å². The van der Waals surface area contributed by atoms with Gasteiger partial charge in [-0.25, -0.2) is 0 Å². The first-order valence-corrected chi connectivity index (χ1v) is 13.2. The Morgan fingerprint density at radius 3 is 1.18 bits per heavy atom. The Morgan fingerprint density at radius 2 is 0.795 bits per heavy atom. The van der Waals surface area contributed by atoms with Gasteiger partial charge in [0.05, 0.1) is 0 Å². The van der Waals surface area contributed by atoms with E-state index in [1.807, 2.05) is 0 Å². The normalized spacial score (nSPS) is 12.0. The van der Waals surface area contributed by atoms with E-state index in [4.69, 9.17) is 20.9 Å². The molecule has 0 bridgehead atoms. The number of halogens is 6. The summed E-state index contributed by atoms with van der Waals surface area (Å²) in [5.41, 5.74) is 9.61. The molecule has 44 heavy (non-hydrogen) atoms. The number of anilines is 2. The zero-order chi connectivity index (χ0) is 31.2. The van der Waals surface area contributed by atoms with E-state index in [-0.39, 0.29) is 22.9 Å². The van der Waals surface area contributed by atoms with E-state index in [9.17, 15) is 26.3 Å². The highest BCUT2D eigenvalue weighted by molar-refractivity contribution is 6.10. The first-order valence-electron chi connectivity index (χ1n) is 13.2. The minimum Gasteiger partial charge on any atom is -0.456 e. The molecule has 0 spiro atoms. The number of ether oxygens (including phenoxy) is 2. The van der Waals surface area contributed by atoms with Gasteiger partial charge < -0.3 is 20.9 Å². The van der Waals surface area contributed by atoms with Gasteiger partial charge in [-0.15, -0.1) is 0 Å². The number of hydrogen-bond acceptors (Lipinski definition) is 4. The van der Waals surface area contributed by atoms with Gasteiger partial charge in [0.15, 0.2) is 0 Å². The Hall–Kier alpha value is -5.38. The van der Waals surface area contributed by atoms with Crippen molar-refractivity contribution >= 4 is 32.9 Å². The van der Waals surface area contributed by atoms with Crippen molar-refractivity contribution in [2.45, 2.75) is 12.4 Å². The maximum Gasteiger partial charge on any atom is 0.420 e. The van der Waals surface area contributed by atoms with Crippen LogP contribution in [0.1, 0.15) is 11.1 Å². The third-order valence-corrected chi connectivity index (χ3v) is 7.09. The Kier molecular flexibility index (Phi) is 6.99. The number of alkyl halides is 6. The molecule has 0 aromatic heterocycles. The number of benzene rings is 6. The first-order chi connectivity index (χ1) is 20.9. The van der Waals surface area contributed by atoms with Gasteiger partial charge in [0, 0.05) is 22.5 Å². The van der Waals surface area contributed by atoms with Crippen LogP contribution in [-0.2, 0) is 12.4 Å². The molecule has 0 saturated carbocycles. The molecule has 0 heterocycles. The van der Waals surface area contributed by atoms with Crippen molar-refractivity contribution in [3.05, 3.63) is 120 Å². The van der Waals surface area contributed by atoms with Crippen LogP contribution in [0.2, 0.25) is 0 Å². The van der Waals surface area contributed by atoms with Gasteiger partial charge in [-0.05, 0) is 70.1 Å².